The van der Waals surface area contributed by atoms with Gasteiger partial charge in [0.05, 0.1) is 17.3 Å². The summed E-state index contributed by atoms with van der Waals surface area (Å²) in [4.78, 5) is 59.6. The number of rotatable bonds is 8. The van der Waals surface area contributed by atoms with E-state index in [0.29, 0.717) is 59.5 Å². The Morgan fingerprint density at radius 3 is 2.38 bits per heavy atom. The molecule has 0 saturated carbocycles. The SMILES string of the molecule is CC(=O)N1CCN(C(=O)c2cccc(NC(=O)NCC(=O)N(C)c3ccc(Cl)c(COc4cccc5ccc(C)nc45)c3Cl)c2)CC1.Cl. The molecule has 0 aliphatic carbocycles. The summed E-state index contributed by atoms with van der Waals surface area (Å²) in [7, 11) is 1.55. The first-order chi connectivity index (χ1) is 22.5. The Hall–Kier alpha value is -4.58. The largest absolute Gasteiger partial charge is 0.487 e. The average Bonchev–Trinajstić information content (AvgIpc) is 3.06. The maximum Gasteiger partial charge on any atom is 0.319 e. The van der Waals surface area contributed by atoms with Crippen LogP contribution in [0.25, 0.3) is 10.9 Å². The number of nitrogens with zero attached hydrogens (tertiary/aromatic N) is 4. The highest BCUT2D eigenvalue weighted by Gasteiger charge is 2.24. The number of fused-ring (bicyclic) bond motifs is 1. The van der Waals surface area contributed by atoms with E-state index in [1.54, 1.807) is 53.2 Å². The number of carbonyl (C=O) groups excluding carboxylic acids is 4. The molecule has 0 unspecified atom stereocenters. The average molecular weight is 714 g/mol. The highest BCUT2D eigenvalue weighted by molar-refractivity contribution is 6.38. The highest BCUT2D eigenvalue weighted by atomic mass is 35.5. The number of para-hydroxylation sites is 1. The summed E-state index contributed by atoms with van der Waals surface area (Å²) in [5.74, 6) is -0.0673. The molecular weight excluding hydrogens is 679 g/mol. The van der Waals surface area contributed by atoms with E-state index in [1.165, 1.54) is 11.8 Å². The number of nitrogens with one attached hydrogen (secondary N) is 2. The quantitative estimate of drug-likeness (QED) is 0.233. The molecule has 2 N–H and O–H groups in total. The fourth-order valence-electron chi connectivity index (χ4n) is 5.18. The number of likely N-dealkylation sites (N-methyl/N-ethyl adjacent to an activating group) is 1. The first-order valence-electron chi connectivity index (χ1n) is 14.9. The molecule has 0 spiro atoms. The number of hydrogen-bond donors (Lipinski definition) is 2. The first kappa shape index (κ1) is 36.3. The molecule has 1 aliphatic rings. The van der Waals surface area contributed by atoms with Gasteiger partial charge in [0.2, 0.25) is 11.8 Å². The fourth-order valence-corrected chi connectivity index (χ4v) is 5.79. The summed E-state index contributed by atoms with van der Waals surface area (Å²) < 4.78 is 6.09. The fraction of sp³-hybridized carbons (Fsp3) is 0.265. The number of benzene rings is 3. The van der Waals surface area contributed by atoms with E-state index in [9.17, 15) is 19.2 Å². The molecule has 0 atom stereocenters. The molecule has 4 aromatic rings. The molecule has 48 heavy (non-hydrogen) atoms. The Kier molecular flexibility index (Phi) is 12.1. The Bertz CT molecular complexity index is 1850. The standard InChI is InChI=1S/C34H34Cl2N6O5.ClH/c1-21-10-11-23-6-5-9-29(32(23)38-21)47-20-26-27(35)12-13-28(31(26)36)40(3)30(44)19-37-34(46)39-25-8-4-7-24(18-25)33(45)42-16-14-41(15-17-42)22(2)43;/h4-13,18H,14-17,19-20H2,1-3H3,(H2,37,39,46);1H. The number of halogens is 3. The van der Waals surface area contributed by atoms with Gasteiger partial charge in [0.15, 0.2) is 0 Å². The summed E-state index contributed by atoms with van der Waals surface area (Å²) in [6.07, 6.45) is 0. The molecule has 5 amide bonds. The second-order valence-electron chi connectivity index (χ2n) is 11.1. The van der Waals surface area contributed by atoms with E-state index < -0.39 is 11.9 Å². The first-order valence-corrected chi connectivity index (χ1v) is 15.7. The third-order valence-corrected chi connectivity index (χ3v) is 8.65. The lowest BCUT2D eigenvalue weighted by Gasteiger charge is -2.34. The molecule has 0 radical (unpaired) electrons. The van der Waals surface area contributed by atoms with Crippen molar-refractivity contribution >= 4 is 81.6 Å². The number of urea groups is 1. The lowest BCUT2D eigenvalue weighted by Crippen LogP contribution is -2.50. The number of hydrogen-bond acceptors (Lipinski definition) is 6. The van der Waals surface area contributed by atoms with Crippen molar-refractivity contribution < 1.29 is 23.9 Å². The number of aromatic nitrogens is 1. The van der Waals surface area contributed by atoms with Crippen LogP contribution < -0.4 is 20.3 Å². The van der Waals surface area contributed by atoms with E-state index in [2.05, 4.69) is 15.6 Å². The van der Waals surface area contributed by atoms with Crippen molar-refractivity contribution in [2.24, 2.45) is 0 Å². The maximum absolute atomic E-state index is 13.1. The molecule has 1 aliphatic heterocycles. The van der Waals surface area contributed by atoms with Gasteiger partial charge in [-0.05, 0) is 49.4 Å². The minimum absolute atomic E-state index is 0. The molecule has 11 nitrogen and oxygen atoms in total. The predicted octanol–water partition coefficient (Wildman–Crippen LogP) is 5.94. The van der Waals surface area contributed by atoms with Crippen LogP contribution in [0.3, 0.4) is 0 Å². The Labute approximate surface area is 294 Å². The number of anilines is 2. The summed E-state index contributed by atoms with van der Waals surface area (Å²) in [5, 5.41) is 6.76. The van der Waals surface area contributed by atoms with Gasteiger partial charge in [0, 0.05) is 73.1 Å². The van der Waals surface area contributed by atoms with Crippen LogP contribution in [0.1, 0.15) is 28.5 Å². The van der Waals surface area contributed by atoms with E-state index in [0.717, 1.165) is 16.6 Å². The molecule has 252 valence electrons. The zero-order valence-electron chi connectivity index (χ0n) is 26.6. The molecule has 14 heteroatoms. The maximum atomic E-state index is 13.1. The van der Waals surface area contributed by atoms with Gasteiger partial charge in [-0.25, -0.2) is 9.78 Å². The normalized spacial score (nSPS) is 12.6. The molecule has 1 saturated heterocycles. The van der Waals surface area contributed by atoms with E-state index in [-0.39, 0.29) is 42.4 Å². The number of aryl methyl sites for hydroxylation is 1. The minimum atomic E-state index is -0.623. The third kappa shape index (κ3) is 8.46. The molecule has 3 aromatic carbocycles. The van der Waals surface area contributed by atoms with Gasteiger partial charge in [0.25, 0.3) is 5.91 Å². The van der Waals surface area contributed by atoms with Crippen molar-refractivity contribution in [2.75, 3.05) is 50.0 Å². The van der Waals surface area contributed by atoms with Crippen molar-refractivity contribution in [3.63, 3.8) is 0 Å². The highest BCUT2D eigenvalue weighted by Crippen LogP contribution is 2.35. The molecule has 5 rings (SSSR count). The Morgan fingerprint density at radius 1 is 0.938 bits per heavy atom. The monoisotopic (exact) mass is 712 g/mol. The smallest absolute Gasteiger partial charge is 0.319 e. The topological polar surface area (TPSA) is 124 Å². The molecule has 1 fully saturated rings. The minimum Gasteiger partial charge on any atom is -0.487 e. The lowest BCUT2D eigenvalue weighted by molar-refractivity contribution is -0.130. The van der Waals surface area contributed by atoms with Gasteiger partial charge in [-0.3, -0.25) is 14.4 Å². The van der Waals surface area contributed by atoms with Gasteiger partial charge < -0.3 is 30.1 Å². The second kappa shape index (κ2) is 16.0. The molecular formula is C34H35Cl3N6O5. The van der Waals surface area contributed by atoms with Gasteiger partial charge in [-0.15, -0.1) is 12.4 Å². The summed E-state index contributed by atoms with van der Waals surface area (Å²) >= 11 is 13.2. The molecule has 0 bridgehead atoms. The van der Waals surface area contributed by atoms with E-state index >= 15 is 0 Å². The van der Waals surface area contributed by atoms with Crippen LogP contribution in [0.15, 0.2) is 66.7 Å². The van der Waals surface area contributed by atoms with Crippen molar-refractivity contribution in [1.82, 2.24) is 20.1 Å². The van der Waals surface area contributed by atoms with Crippen molar-refractivity contribution in [3.8, 4) is 5.75 Å². The molecule has 1 aromatic heterocycles. The summed E-state index contributed by atoms with van der Waals surface area (Å²) in [6.45, 7) is 4.94. The van der Waals surface area contributed by atoms with Crippen LogP contribution in [0.2, 0.25) is 10.0 Å². The Morgan fingerprint density at radius 2 is 1.65 bits per heavy atom. The summed E-state index contributed by atoms with van der Waals surface area (Å²) in [6, 6.07) is 18.7. The van der Waals surface area contributed by atoms with Crippen LogP contribution >= 0.6 is 35.6 Å². The van der Waals surface area contributed by atoms with Gasteiger partial charge >= 0.3 is 6.03 Å². The van der Waals surface area contributed by atoms with Gasteiger partial charge in [-0.2, -0.15) is 0 Å². The Balaban J connectivity index is 0.00000520. The zero-order chi connectivity index (χ0) is 33.7. The number of piperazine rings is 1. The van der Waals surface area contributed by atoms with Crippen LogP contribution in [0, 0.1) is 6.92 Å². The van der Waals surface area contributed by atoms with E-state index in [1.807, 2.05) is 37.3 Å². The van der Waals surface area contributed by atoms with Crippen LogP contribution in [0.4, 0.5) is 16.2 Å². The number of pyridine rings is 1. The van der Waals surface area contributed by atoms with Crippen molar-refractivity contribution in [1.29, 1.82) is 0 Å². The predicted molar refractivity (Wildman–Crippen MR) is 190 cm³/mol. The number of carbonyl (C=O) groups is 4. The lowest BCUT2D eigenvalue weighted by atomic mass is 10.1. The number of ether oxygens (including phenoxy) is 1. The third-order valence-electron chi connectivity index (χ3n) is 7.88. The van der Waals surface area contributed by atoms with Gasteiger partial charge in [-0.1, -0.05) is 47.5 Å². The zero-order valence-corrected chi connectivity index (χ0v) is 28.9. The summed E-state index contributed by atoms with van der Waals surface area (Å²) in [5.41, 5.74) is 3.25. The van der Waals surface area contributed by atoms with Crippen molar-refractivity contribution in [2.45, 2.75) is 20.5 Å². The van der Waals surface area contributed by atoms with E-state index in [4.69, 9.17) is 27.9 Å². The van der Waals surface area contributed by atoms with Crippen LogP contribution in [-0.2, 0) is 16.2 Å². The van der Waals surface area contributed by atoms with Crippen molar-refractivity contribution in [3.05, 3.63) is 93.6 Å². The second-order valence-corrected chi connectivity index (χ2v) is 11.9. The van der Waals surface area contributed by atoms with Crippen LogP contribution in [0.5, 0.6) is 5.75 Å². The van der Waals surface area contributed by atoms with Crippen LogP contribution in [-0.4, -0.2) is 78.3 Å². The number of amides is 5. The van der Waals surface area contributed by atoms with Gasteiger partial charge in [0.1, 0.15) is 17.9 Å². The molecule has 2 heterocycles.